The van der Waals surface area contributed by atoms with E-state index in [0.29, 0.717) is 6.04 Å². The van der Waals surface area contributed by atoms with Crippen LogP contribution in [0.4, 0.5) is 0 Å². The molecular formula is C7H14ClN. The maximum Gasteiger partial charge on any atom is 0.0272 e. The monoisotopic (exact) mass is 147 g/mol. The van der Waals surface area contributed by atoms with E-state index in [1.165, 1.54) is 12.8 Å². The summed E-state index contributed by atoms with van der Waals surface area (Å²) >= 11 is 0. The molecule has 0 aromatic heterocycles. The molecule has 0 saturated heterocycles. The van der Waals surface area contributed by atoms with Crippen LogP contribution in [0.2, 0.25) is 0 Å². The lowest BCUT2D eigenvalue weighted by molar-refractivity contribution is 0.598. The first-order chi connectivity index (χ1) is 3.88. The smallest absolute Gasteiger partial charge is 0.0272 e. The van der Waals surface area contributed by atoms with Crippen molar-refractivity contribution in [1.29, 1.82) is 0 Å². The normalized spacial score (nSPS) is 20.1. The molecule has 1 rings (SSSR count). The van der Waals surface area contributed by atoms with E-state index in [9.17, 15) is 0 Å². The molecule has 0 aromatic rings. The van der Waals surface area contributed by atoms with Crippen LogP contribution in [0.5, 0.6) is 0 Å². The minimum absolute atomic E-state index is 0. The molecular weight excluding hydrogens is 134 g/mol. The highest BCUT2D eigenvalue weighted by Gasteiger charge is 2.27. The van der Waals surface area contributed by atoms with Gasteiger partial charge in [0.2, 0.25) is 0 Å². The molecule has 0 aliphatic heterocycles. The summed E-state index contributed by atoms with van der Waals surface area (Å²) in [4.78, 5) is 0. The van der Waals surface area contributed by atoms with E-state index in [4.69, 9.17) is 0 Å². The largest absolute Gasteiger partial charge is 0.313 e. The van der Waals surface area contributed by atoms with Crippen molar-refractivity contribution in [3.8, 4) is 0 Å². The molecule has 0 bridgehead atoms. The molecule has 1 N–H and O–H groups in total. The van der Waals surface area contributed by atoms with Crippen molar-refractivity contribution in [2.75, 3.05) is 7.05 Å². The molecule has 0 amide bonds. The highest BCUT2D eigenvalue weighted by molar-refractivity contribution is 5.85. The number of rotatable bonds is 3. The zero-order chi connectivity index (χ0) is 5.98. The predicted molar refractivity (Wildman–Crippen MR) is 43.0 cm³/mol. The molecule has 1 fully saturated rings. The summed E-state index contributed by atoms with van der Waals surface area (Å²) < 4.78 is 0. The molecule has 1 unspecified atom stereocenters. The Kier molecular flexibility index (Phi) is 3.91. The van der Waals surface area contributed by atoms with Crippen molar-refractivity contribution < 1.29 is 0 Å². The van der Waals surface area contributed by atoms with Crippen molar-refractivity contribution in [2.24, 2.45) is 5.92 Å². The molecule has 9 heavy (non-hydrogen) atoms. The summed E-state index contributed by atoms with van der Waals surface area (Å²) in [5.74, 6) is 0.900. The molecule has 1 aliphatic rings. The van der Waals surface area contributed by atoms with E-state index in [1.54, 1.807) is 0 Å². The number of hydrogen-bond donors (Lipinski definition) is 1. The van der Waals surface area contributed by atoms with E-state index in [0.717, 1.165) is 5.92 Å². The molecule has 0 spiro atoms. The first-order valence-electron chi connectivity index (χ1n) is 3.18. The quantitative estimate of drug-likeness (QED) is 0.598. The molecule has 0 radical (unpaired) electrons. The number of hydrogen-bond acceptors (Lipinski definition) is 1. The molecule has 0 aromatic carbocycles. The third-order valence-electron chi connectivity index (χ3n) is 1.72. The Bertz CT molecular complexity index is 88.9. The van der Waals surface area contributed by atoms with Crippen molar-refractivity contribution >= 4 is 12.4 Å². The fourth-order valence-electron chi connectivity index (χ4n) is 1.00. The fourth-order valence-corrected chi connectivity index (χ4v) is 1.00. The first kappa shape index (κ1) is 8.99. The predicted octanol–water partition coefficient (Wildman–Crippen LogP) is 1.59. The minimum atomic E-state index is 0. The van der Waals surface area contributed by atoms with Crippen LogP contribution in [-0.4, -0.2) is 13.1 Å². The van der Waals surface area contributed by atoms with Gasteiger partial charge in [-0.3, -0.25) is 0 Å². The minimum Gasteiger partial charge on any atom is -0.313 e. The van der Waals surface area contributed by atoms with Crippen LogP contribution >= 0.6 is 12.4 Å². The third kappa shape index (κ3) is 2.37. The Morgan fingerprint density at radius 2 is 2.22 bits per heavy atom. The van der Waals surface area contributed by atoms with Crippen molar-refractivity contribution in [1.82, 2.24) is 5.32 Å². The van der Waals surface area contributed by atoms with Gasteiger partial charge in [-0.2, -0.15) is 0 Å². The molecule has 1 saturated carbocycles. The molecule has 54 valence electrons. The van der Waals surface area contributed by atoms with Crippen LogP contribution in [0, 0.1) is 5.92 Å². The van der Waals surface area contributed by atoms with E-state index in [2.05, 4.69) is 11.9 Å². The van der Waals surface area contributed by atoms with Gasteiger partial charge in [-0.15, -0.1) is 19.0 Å². The van der Waals surface area contributed by atoms with Gasteiger partial charge < -0.3 is 5.32 Å². The van der Waals surface area contributed by atoms with Gasteiger partial charge in [-0.25, -0.2) is 0 Å². The Labute approximate surface area is 62.9 Å². The topological polar surface area (TPSA) is 12.0 Å². The van der Waals surface area contributed by atoms with Crippen LogP contribution in [0.1, 0.15) is 12.8 Å². The SMILES string of the molecule is C=CC(NC)C1CC1.Cl. The highest BCUT2D eigenvalue weighted by atomic mass is 35.5. The average molecular weight is 148 g/mol. The van der Waals surface area contributed by atoms with E-state index in [-0.39, 0.29) is 12.4 Å². The number of halogens is 1. The van der Waals surface area contributed by atoms with Crippen LogP contribution in [0.15, 0.2) is 12.7 Å². The van der Waals surface area contributed by atoms with E-state index >= 15 is 0 Å². The summed E-state index contributed by atoms with van der Waals surface area (Å²) in [6.07, 6.45) is 4.77. The zero-order valence-corrected chi connectivity index (χ0v) is 6.58. The standard InChI is InChI=1S/C7H13N.ClH/c1-3-7(8-2)6-4-5-6;/h3,6-8H,1,4-5H2,2H3;1H. The van der Waals surface area contributed by atoms with E-state index < -0.39 is 0 Å². The third-order valence-corrected chi connectivity index (χ3v) is 1.72. The Morgan fingerprint density at radius 3 is 2.33 bits per heavy atom. The van der Waals surface area contributed by atoms with Gasteiger partial charge in [0.25, 0.3) is 0 Å². The fraction of sp³-hybridized carbons (Fsp3) is 0.714. The second kappa shape index (κ2) is 3.91. The van der Waals surface area contributed by atoms with Gasteiger partial charge in [0.1, 0.15) is 0 Å². The Morgan fingerprint density at radius 1 is 1.67 bits per heavy atom. The zero-order valence-electron chi connectivity index (χ0n) is 5.76. The molecule has 1 aliphatic carbocycles. The van der Waals surface area contributed by atoms with Gasteiger partial charge in [0.15, 0.2) is 0 Å². The molecule has 1 atom stereocenters. The summed E-state index contributed by atoms with van der Waals surface area (Å²) in [6.45, 7) is 3.73. The van der Waals surface area contributed by atoms with Crippen molar-refractivity contribution in [3.63, 3.8) is 0 Å². The van der Waals surface area contributed by atoms with Crippen LogP contribution in [0.25, 0.3) is 0 Å². The molecule has 2 heteroatoms. The summed E-state index contributed by atoms with van der Waals surface area (Å²) in [5.41, 5.74) is 0. The second-order valence-electron chi connectivity index (χ2n) is 2.39. The lowest BCUT2D eigenvalue weighted by Crippen LogP contribution is -2.24. The van der Waals surface area contributed by atoms with Gasteiger partial charge in [-0.1, -0.05) is 6.08 Å². The van der Waals surface area contributed by atoms with Crippen LogP contribution < -0.4 is 5.32 Å². The van der Waals surface area contributed by atoms with E-state index in [1.807, 2.05) is 13.1 Å². The van der Waals surface area contributed by atoms with Crippen LogP contribution in [0.3, 0.4) is 0 Å². The number of nitrogens with one attached hydrogen (secondary N) is 1. The summed E-state index contributed by atoms with van der Waals surface area (Å²) in [7, 11) is 1.99. The first-order valence-corrected chi connectivity index (χ1v) is 3.18. The lowest BCUT2D eigenvalue weighted by atomic mass is 10.2. The van der Waals surface area contributed by atoms with Gasteiger partial charge in [-0.05, 0) is 25.8 Å². The van der Waals surface area contributed by atoms with Gasteiger partial charge in [0, 0.05) is 6.04 Å². The Hall–Kier alpha value is -0.0100. The summed E-state index contributed by atoms with van der Waals surface area (Å²) in [6, 6.07) is 0.579. The van der Waals surface area contributed by atoms with Gasteiger partial charge >= 0.3 is 0 Å². The lowest BCUT2D eigenvalue weighted by Gasteiger charge is -2.06. The maximum absolute atomic E-state index is 3.73. The second-order valence-corrected chi connectivity index (χ2v) is 2.39. The Balaban J connectivity index is 0.000000640. The maximum atomic E-state index is 3.73. The van der Waals surface area contributed by atoms with Crippen molar-refractivity contribution in [2.45, 2.75) is 18.9 Å². The van der Waals surface area contributed by atoms with Crippen LogP contribution in [-0.2, 0) is 0 Å². The average Bonchev–Trinajstić information content (AvgIpc) is 2.53. The summed E-state index contributed by atoms with van der Waals surface area (Å²) in [5, 5.41) is 3.20. The molecule has 0 heterocycles. The van der Waals surface area contributed by atoms with Crippen molar-refractivity contribution in [3.05, 3.63) is 12.7 Å². The number of likely N-dealkylation sites (N-methyl/N-ethyl adjacent to an activating group) is 1. The van der Waals surface area contributed by atoms with Gasteiger partial charge in [0.05, 0.1) is 0 Å². The molecule has 1 nitrogen and oxygen atoms in total. The highest BCUT2D eigenvalue weighted by Crippen LogP contribution is 2.32.